The molecule has 1 unspecified atom stereocenters. The first-order valence-corrected chi connectivity index (χ1v) is 9.74. The highest BCUT2D eigenvalue weighted by Crippen LogP contribution is 2.35. The molecule has 0 saturated heterocycles. The maximum Gasteiger partial charge on any atom is 0.157 e. The molecular weight excluding hydrogens is 354 g/mol. The van der Waals surface area contributed by atoms with Gasteiger partial charge in [0.05, 0.1) is 6.34 Å². The van der Waals surface area contributed by atoms with Gasteiger partial charge in [0, 0.05) is 16.0 Å². The molecule has 0 spiro atoms. The molecule has 4 nitrogen and oxygen atoms in total. The lowest BCUT2D eigenvalue weighted by molar-refractivity contribution is 0.464. The van der Waals surface area contributed by atoms with Crippen LogP contribution in [0.15, 0.2) is 93.7 Å². The average molecular weight is 375 g/mol. The van der Waals surface area contributed by atoms with Gasteiger partial charge in [0.2, 0.25) is 0 Å². The van der Waals surface area contributed by atoms with Crippen LogP contribution in [0.1, 0.15) is 22.7 Å². The molecule has 0 saturated carbocycles. The molecule has 136 valence electrons. The fourth-order valence-corrected chi connectivity index (χ4v) is 3.24. The van der Waals surface area contributed by atoms with E-state index < -0.39 is 6.04 Å². The van der Waals surface area contributed by atoms with Gasteiger partial charge in [-0.2, -0.15) is 0 Å². The second-order valence-electron chi connectivity index (χ2n) is 5.83. The van der Waals surface area contributed by atoms with Gasteiger partial charge in [-0.25, -0.2) is 4.99 Å². The summed E-state index contributed by atoms with van der Waals surface area (Å²) in [6, 6.07) is 24.8. The summed E-state index contributed by atoms with van der Waals surface area (Å²) in [5.74, 6) is 0.726. The highest BCUT2D eigenvalue weighted by Gasteiger charge is 2.18. The zero-order valence-corrected chi connectivity index (χ0v) is 15.8. The highest BCUT2D eigenvalue weighted by molar-refractivity contribution is 7.98. The number of thioether (sulfide) groups is 1. The number of phenols is 1. The maximum absolute atomic E-state index is 10.6. The Kier molecular flexibility index (Phi) is 6.28. The van der Waals surface area contributed by atoms with Gasteiger partial charge in [0.1, 0.15) is 11.8 Å². The second-order valence-corrected chi connectivity index (χ2v) is 6.71. The molecule has 0 aliphatic heterocycles. The smallest absolute Gasteiger partial charge is 0.157 e. The third-order valence-electron chi connectivity index (χ3n) is 4.13. The standard InChI is InChI=1S/C22H21N3OS/c1-27-18-12-13-19(20(26)14-18)21(16-8-4-2-5-9-16)25-22(24-15-23)17-10-6-3-7-11-17/h2-15,21,26H,1H3,(H2,23,24,25). The van der Waals surface area contributed by atoms with Gasteiger partial charge in [-0.05, 0) is 24.0 Å². The molecule has 0 heterocycles. The number of rotatable bonds is 5. The minimum Gasteiger partial charge on any atom is -0.508 e. The van der Waals surface area contributed by atoms with Gasteiger partial charge in [0.15, 0.2) is 5.84 Å². The molecule has 5 heteroatoms. The Morgan fingerprint density at radius 2 is 1.67 bits per heavy atom. The van der Waals surface area contributed by atoms with Crippen LogP contribution in [-0.4, -0.2) is 23.5 Å². The zero-order chi connectivity index (χ0) is 19.1. The van der Waals surface area contributed by atoms with Crippen LogP contribution in [0.2, 0.25) is 0 Å². The van der Waals surface area contributed by atoms with Crippen LogP contribution in [0.4, 0.5) is 0 Å². The lowest BCUT2D eigenvalue weighted by Crippen LogP contribution is -2.07. The fraction of sp³-hybridized carbons (Fsp3) is 0.0909. The number of aliphatic imine (C=N–C) groups is 2. The van der Waals surface area contributed by atoms with Gasteiger partial charge in [-0.15, -0.1) is 11.8 Å². The number of benzene rings is 3. The Hall–Kier alpha value is -3.05. The van der Waals surface area contributed by atoms with E-state index in [1.807, 2.05) is 79.1 Å². The Morgan fingerprint density at radius 1 is 1.00 bits per heavy atom. The van der Waals surface area contributed by atoms with Crippen molar-refractivity contribution in [1.29, 1.82) is 0 Å². The lowest BCUT2D eigenvalue weighted by Gasteiger charge is -2.17. The van der Waals surface area contributed by atoms with Crippen LogP contribution < -0.4 is 5.73 Å². The molecule has 0 aliphatic carbocycles. The van der Waals surface area contributed by atoms with Crippen molar-refractivity contribution in [1.82, 2.24) is 0 Å². The van der Waals surface area contributed by atoms with Crippen LogP contribution in [0.25, 0.3) is 0 Å². The van der Waals surface area contributed by atoms with Crippen molar-refractivity contribution < 1.29 is 5.11 Å². The first-order valence-electron chi connectivity index (χ1n) is 8.52. The molecule has 3 aromatic rings. The topological polar surface area (TPSA) is 71.0 Å². The molecule has 0 radical (unpaired) electrons. The predicted molar refractivity (Wildman–Crippen MR) is 114 cm³/mol. The summed E-state index contributed by atoms with van der Waals surface area (Å²) >= 11 is 1.58. The summed E-state index contributed by atoms with van der Waals surface area (Å²) in [5, 5.41) is 10.6. The van der Waals surface area contributed by atoms with Crippen molar-refractivity contribution >= 4 is 23.9 Å². The van der Waals surface area contributed by atoms with Crippen LogP contribution in [-0.2, 0) is 0 Å². The molecule has 0 aromatic heterocycles. The zero-order valence-electron chi connectivity index (χ0n) is 15.0. The molecule has 3 N–H and O–H groups in total. The Labute approximate surface area is 163 Å². The molecule has 3 rings (SSSR count). The minimum atomic E-state index is -0.402. The number of hydrogen-bond donors (Lipinski definition) is 2. The molecule has 0 bridgehead atoms. The number of nitrogens with zero attached hydrogens (tertiary/aromatic N) is 2. The van der Waals surface area contributed by atoms with Crippen LogP contribution in [0, 0.1) is 0 Å². The van der Waals surface area contributed by atoms with E-state index in [4.69, 9.17) is 10.7 Å². The SMILES string of the molecule is CSc1ccc(C(N=C(N=CN)c2ccccc2)c2ccccc2)c(O)c1. The fourth-order valence-electron chi connectivity index (χ4n) is 2.80. The van der Waals surface area contributed by atoms with Crippen molar-refractivity contribution in [3.63, 3.8) is 0 Å². The molecule has 0 amide bonds. The largest absolute Gasteiger partial charge is 0.508 e. The third kappa shape index (κ3) is 4.57. The first kappa shape index (κ1) is 18.7. The molecule has 0 aliphatic rings. The van der Waals surface area contributed by atoms with Crippen molar-refractivity contribution in [2.24, 2.45) is 15.7 Å². The average Bonchev–Trinajstić information content (AvgIpc) is 2.72. The van der Waals surface area contributed by atoms with Crippen molar-refractivity contribution in [3.05, 3.63) is 95.6 Å². The van der Waals surface area contributed by atoms with E-state index in [9.17, 15) is 5.11 Å². The third-order valence-corrected chi connectivity index (χ3v) is 4.85. The van der Waals surface area contributed by atoms with E-state index in [0.717, 1.165) is 21.6 Å². The predicted octanol–water partition coefficient (Wildman–Crippen LogP) is 4.64. The first-order chi connectivity index (χ1) is 13.2. The molecule has 0 fully saturated rings. The summed E-state index contributed by atoms with van der Waals surface area (Å²) in [6.45, 7) is 0. The van der Waals surface area contributed by atoms with Gasteiger partial charge >= 0.3 is 0 Å². The van der Waals surface area contributed by atoms with Crippen LogP contribution in [0.3, 0.4) is 0 Å². The van der Waals surface area contributed by atoms with Crippen molar-refractivity contribution in [2.75, 3.05) is 6.26 Å². The number of nitrogens with two attached hydrogens (primary N) is 1. The summed E-state index contributed by atoms with van der Waals surface area (Å²) in [5.41, 5.74) is 8.11. The van der Waals surface area contributed by atoms with Crippen LogP contribution >= 0.6 is 11.8 Å². The lowest BCUT2D eigenvalue weighted by atomic mass is 9.98. The Morgan fingerprint density at radius 3 is 2.26 bits per heavy atom. The van der Waals surface area contributed by atoms with E-state index in [2.05, 4.69) is 4.99 Å². The number of phenolic OH excluding ortho intramolecular Hbond substituents is 1. The van der Waals surface area contributed by atoms with Gasteiger partial charge in [-0.3, -0.25) is 4.99 Å². The summed E-state index contributed by atoms with van der Waals surface area (Å²) in [7, 11) is 0. The number of aromatic hydroxyl groups is 1. The van der Waals surface area contributed by atoms with Gasteiger partial charge in [-0.1, -0.05) is 66.7 Å². The summed E-state index contributed by atoms with van der Waals surface area (Å²) < 4.78 is 0. The van der Waals surface area contributed by atoms with E-state index in [1.54, 1.807) is 17.8 Å². The Bertz CT molecular complexity index is 940. The molecular formula is C22H21N3OS. The quantitative estimate of drug-likeness (QED) is 0.388. The summed E-state index contributed by atoms with van der Waals surface area (Å²) in [4.78, 5) is 10.1. The van der Waals surface area contributed by atoms with Crippen molar-refractivity contribution in [3.8, 4) is 5.75 Å². The van der Waals surface area contributed by atoms with Gasteiger partial charge in [0.25, 0.3) is 0 Å². The number of hydrogen-bond acceptors (Lipinski definition) is 3. The van der Waals surface area contributed by atoms with E-state index >= 15 is 0 Å². The molecule has 1 atom stereocenters. The minimum absolute atomic E-state index is 0.212. The van der Waals surface area contributed by atoms with Crippen molar-refractivity contribution in [2.45, 2.75) is 10.9 Å². The van der Waals surface area contributed by atoms with E-state index in [0.29, 0.717) is 5.84 Å². The van der Waals surface area contributed by atoms with E-state index in [-0.39, 0.29) is 5.75 Å². The normalized spacial score (nSPS) is 13.0. The highest BCUT2D eigenvalue weighted by atomic mass is 32.2. The molecule has 3 aromatic carbocycles. The van der Waals surface area contributed by atoms with Crippen LogP contribution in [0.5, 0.6) is 5.75 Å². The maximum atomic E-state index is 10.6. The monoisotopic (exact) mass is 375 g/mol. The van der Waals surface area contributed by atoms with Gasteiger partial charge < -0.3 is 10.8 Å². The number of amidine groups is 1. The van der Waals surface area contributed by atoms with E-state index in [1.165, 1.54) is 6.34 Å². The molecule has 27 heavy (non-hydrogen) atoms. The summed E-state index contributed by atoms with van der Waals surface area (Å²) in [6.07, 6.45) is 3.22. The Balaban J connectivity index is 2.15. The second kappa shape index (κ2) is 9.05.